The van der Waals surface area contributed by atoms with Crippen LogP contribution < -0.4 is 11.2 Å². The number of carbonyl (C=O) groups excluding carboxylic acids is 1. The average molecular weight is 458 g/mol. The Morgan fingerprint density at radius 1 is 1.03 bits per heavy atom. The zero-order valence-electron chi connectivity index (χ0n) is 20.1. The van der Waals surface area contributed by atoms with Crippen molar-refractivity contribution in [3.63, 3.8) is 0 Å². The molecule has 2 aromatic rings. The molecular weight excluding hydrogens is 426 g/mol. The molecule has 0 unspecified atom stereocenters. The van der Waals surface area contributed by atoms with Crippen LogP contribution in [0.1, 0.15) is 44.7 Å². The van der Waals surface area contributed by atoms with Gasteiger partial charge in [-0.25, -0.2) is 0 Å². The van der Waals surface area contributed by atoms with Crippen LogP contribution in [-0.4, -0.2) is 11.5 Å². The summed E-state index contributed by atoms with van der Waals surface area (Å²) in [5, 5.41) is 10.8. The molecule has 0 spiro atoms. The van der Waals surface area contributed by atoms with E-state index in [1.54, 1.807) is 18.2 Å². The molecule has 3 N–H and O–H groups in total. The molecule has 1 aliphatic heterocycles. The van der Waals surface area contributed by atoms with Crippen LogP contribution in [0.25, 0.3) is 33.4 Å². The number of hydrogen-bond donors (Lipinski definition) is 2. The number of fused-ring (bicyclic) bond motifs is 2. The molecular formula is C29H31NO4. The zero-order chi connectivity index (χ0) is 25.1. The number of primary amides is 1. The highest BCUT2D eigenvalue weighted by Crippen LogP contribution is 2.41. The van der Waals surface area contributed by atoms with Gasteiger partial charge in [-0.15, -0.1) is 11.8 Å². The fourth-order valence-electron chi connectivity index (χ4n) is 3.82. The Kier molecular flexibility index (Phi) is 9.91. The highest BCUT2D eigenvalue weighted by atomic mass is 16.3. The molecule has 1 aliphatic carbocycles. The van der Waals surface area contributed by atoms with Crippen LogP contribution >= 0.6 is 0 Å². The van der Waals surface area contributed by atoms with Crippen molar-refractivity contribution in [3.8, 4) is 40.0 Å². The lowest BCUT2D eigenvalue weighted by Crippen LogP contribution is -2.00. The summed E-state index contributed by atoms with van der Waals surface area (Å²) in [7, 11) is 0. The largest absolute Gasteiger partial charge is 0.508 e. The van der Waals surface area contributed by atoms with Gasteiger partial charge in [0.2, 0.25) is 6.41 Å². The first-order valence-corrected chi connectivity index (χ1v) is 11.3. The first kappa shape index (κ1) is 26.2. The van der Waals surface area contributed by atoms with Gasteiger partial charge < -0.3 is 15.3 Å². The van der Waals surface area contributed by atoms with Gasteiger partial charge in [-0.2, -0.15) is 0 Å². The monoisotopic (exact) mass is 457 g/mol. The fraction of sp³-hybridized carbons (Fsp3) is 0.241. The number of phenols is 1. The predicted molar refractivity (Wildman–Crippen MR) is 139 cm³/mol. The number of phenolic OH excluding ortho intramolecular Hbond substituents is 1. The van der Waals surface area contributed by atoms with Crippen molar-refractivity contribution in [2.24, 2.45) is 5.73 Å². The summed E-state index contributed by atoms with van der Waals surface area (Å²) in [5.41, 5.74) is 10.1. The molecule has 0 saturated carbocycles. The minimum Gasteiger partial charge on any atom is -0.508 e. The van der Waals surface area contributed by atoms with Gasteiger partial charge in [0.25, 0.3) is 0 Å². The van der Waals surface area contributed by atoms with Crippen molar-refractivity contribution >= 4 is 17.4 Å². The Bertz CT molecular complexity index is 1340. The van der Waals surface area contributed by atoms with Crippen molar-refractivity contribution in [3.05, 3.63) is 75.9 Å². The predicted octanol–water partition coefficient (Wildman–Crippen LogP) is 6.05. The molecule has 1 amide bonds. The van der Waals surface area contributed by atoms with Crippen LogP contribution in [0.4, 0.5) is 0 Å². The van der Waals surface area contributed by atoms with Gasteiger partial charge in [-0.05, 0) is 67.6 Å². The van der Waals surface area contributed by atoms with E-state index in [0.717, 1.165) is 46.9 Å². The normalized spacial score (nSPS) is 9.76. The van der Waals surface area contributed by atoms with Gasteiger partial charge in [0.1, 0.15) is 17.1 Å². The lowest BCUT2D eigenvalue weighted by atomic mass is 9.90. The second kappa shape index (κ2) is 12.9. The van der Waals surface area contributed by atoms with E-state index in [4.69, 9.17) is 9.21 Å². The first-order chi connectivity index (χ1) is 16.5. The zero-order valence-corrected chi connectivity index (χ0v) is 20.1. The molecule has 0 radical (unpaired) electrons. The molecule has 176 valence electrons. The molecule has 0 aromatic heterocycles. The fourth-order valence-corrected chi connectivity index (χ4v) is 3.82. The summed E-state index contributed by atoms with van der Waals surface area (Å²) >= 11 is 0. The SMILES string of the molecule is CC.CC#CCCCc1ccc(-c2c3ccc(=O)cc-3oc3cc(O)ccc23)c(C)c1.NC=O. The van der Waals surface area contributed by atoms with Gasteiger partial charge in [-0.1, -0.05) is 32.0 Å². The maximum atomic E-state index is 11.9. The molecule has 0 atom stereocenters. The Morgan fingerprint density at radius 3 is 2.41 bits per heavy atom. The standard InChI is InChI=1S/C26H22O3.C2H6.CH3NO/c1-3-4-5-6-7-18-8-11-21(17(2)14-18)26-22-12-9-19(27)15-24(22)29-25-16-20(28)10-13-23(25)26;1-2;2-1-3/h8-16,27H,5-7H2,1-2H3;1-2H3;1H,(H2,2,3). The summed E-state index contributed by atoms with van der Waals surface area (Å²) in [4.78, 5) is 20.5. The second-order valence-corrected chi connectivity index (χ2v) is 7.38. The topological polar surface area (TPSA) is 93.5 Å². The molecule has 5 heteroatoms. The van der Waals surface area contributed by atoms with Crippen molar-refractivity contribution in [1.82, 2.24) is 0 Å². The summed E-state index contributed by atoms with van der Waals surface area (Å²) in [6.45, 7) is 7.98. The molecule has 0 fully saturated rings. The van der Waals surface area contributed by atoms with E-state index in [1.165, 1.54) is 11.6 Å². The maximum Gasteiger partial charge on any atom is 0.204 e. The Hall–Kier alpha value is -4.04. The van der Waals surface area contributed by atoms with Crippen LogP contribution in [0.15, 0.2) is 63.8 Å². The number of aromatic hydroxyl groups is 1. The smallest absolute Gasteiger partial charge is 0.204 e. The number of hydrogen-bond acceptors (Lipinski definition) is 4. The quantitative estimate of drug-likeness (QED) is 0.169. The number of aryl methyl sites for hydroxylation is 2. The summed E-state index contributed by atoms with van der Waals surface area (Å²) in [5.74, 6) is 6.70. The van der Waals surface area contributed by atoms with E-state index in [1.807, 2.05) is 32.9 Å². The van der Waals surface area contributed by atoms with Crippen molar-refractivity contribution in [2.45, 2.75) is 47.0 Å². The van der Waals surface area contributed by atoms with Crippen molar-refractivity contribution < 1.29 is 14.3 Å². The van der Waals surface area contributed by atoms with E-state index < -0.39 is 0 Å². The molecule has 0 saturated heterocycles. The van der Waals surface area contributed by atoms with E-state index in [9.17, 15) is 9.90 Å². The van der Waals surface area contributed by atoms with Crippen LogP contribution in [0.5, 0.6) is 5.75 Å². The molecule has 1 heterocycles. The lowest BCUT2D eigenvalue weighted by Gasteiger charge is -2.17. The summed E-state index contributed by atoms with van der Waals surface area (Å²) < 4.78 is 5.94. The van der Waals surface area contributed by atoms with Crippen molar-refractivity contribution in [2.75, 3.05) is 0 Å². The molecule has 0 bridgehead atoms. The molecule has 5 nitrogen and oxygen atoms in total. The van der Waals surface area contributed by atoms with Crippen LogP contribution in [0.2, 0.25) is 0 Å². The van der Waals surface area contributed by atoms with Gasteiger partial charge in [0, 0.05) is 35.1 Å². The molecule has 2 aromatic carbocycles. The number of carbonyl (C=O) groups is 1. The number of nitrogens with two attached hydrogens (primary N) is 1. The maximum absolute atomic E-state index is 11.9. The lowest BCUT2D eigenvalue weighted by molar-refractivity contribution is -0.106. The van der Waals surface area contributed by atoms with Gasteiger partial charge in [0.15, 0.2) is 5.43 Å². The third-order valence-electron chi connectivity index (χ3n) is 5.18. The van der Waals surface area contributed by atoms with Gasteiger partial charge in [0.05, 0.1) is 0 Å². The minimum absolute atomic E-state index is 0.103. The Morgan fingerprint density at radius 2 is 1.74 bits per heavy atom. The third kappa shape index (κ3) is 6.26. The average Bonchev–Trinajstić information content (AvgIpc) is 2.82. The summed E-state index contributed by atoms with van der Waals surface area (Å²) in [6, 6.07) is 16.5. The Labute approximate surface area is 200 Å². The molecule has 4 rings (SSSR count). The Balaban J connectivity index is 0.000000758. The third-order valence-corrected chi connectivity index (χ3v) is 5.18. The van der Waals surface area contributed by atoms with E-state index in [0.29, 0.717) is 11.3 Å². The van der Waals surface area contributed by atoms with Gasteiger partial charge in [-0.3, -0.25) is 9.59 Å². The number of unbranched alkanes of at least 4 members (excludes halogenated alkanes) is 1. The van der Waals surface area contributed by atoms with E-state index >= 15 is 0 Å². The van der Waals surface area contributed by atoms with Crippen LogP contribution in [0.3, 0.4) is 0 Å². The van der Waals surface area contributed by atoms with Gasteiger partial charge >= 0.3 is 0 Å². The van der Waals surface area contributed by atoms with Crippen LogP contribution in [-0.2, 0) is 11.2 Å². The highest BCUT2D eigenvalue weighted by Gasteiger charge is 2.19. The van der Waals surface area contributed by atoms with E-state index in [2.05, 4.69) is 42.7 Å². The minimum atomic E-state index is -0.103. The summed E-state index contributed by atoms with van der Waals surface area (Å²) in [6.07, 6.45) is 3.20. The van der Waals surface area contributed by atoms with E-state index in [-0.39, 0.29) is 17.6 Å². The molecule has 34 heavy (non-hydrogen) atoms. The first-order valence-electron chi connectivity index (χ1n) is 11.3. The number of benzene rings is 3. The molecule has 2 aliphatic rings. The van der Waals surface area contributed by atoms with Crippen LogP contribution in [0, 0.1) is 18.8 Å². The number of rotatable bonds is 4. The number of amides is 1. The van der Waals surface area contributed by atoms with Crippen molar-refractivity contribution in [1.29, 1.82) is 0 Å². The highest BCUT2D eigenvalue weighted by molar-refractivity contribution is 6.02. The second-order valence-electron chi connectivity index (χ2n) is 7.38.